The minimum Gasteiger partial charge on any atom is -0.497 e. The summed E-state index contributed by atoms with van der Waals surface area (Å²) in [6.45, 7) is 1.71. The van der Waals surface area contributed by atoms with Gasteiger partial charge < -0.3 is 4.74 Å². The Morgan fingerprint density at radius 2 is 1.75 bits per heavy atom. The largest absolute Gasteiger partial charge is 0.497 e. The van der Waals surface area contributed by atoms with Gasteiger partial charge in [-0.3, -0.25) is 0 Å². The summed E-state index contributed by atoms with van der Waals surface area (Å²) in [7, 11) is 1.58. The molecule has 0 amide bonds. The quantitative estimate of drug-likeness (QED) is 0.657. The van der Waals surface area contributed by atoms with E-state index in [1.54, 1.807) is 38.3 Å². The van der Waals surface area contributed by atoms with Gasteiger partial charge in [0.2, 0.25) is 5.16 Å². The van der Waals surface area contributed by atoms with E-state index in [-0.39, 0.29) is 5.56 Å². The van der Waals surface area contributed by atoms with Crippen molar-refractivity contribution in [2.24, 2.45) is 0 Å². The molecule has 0 aliphatic rings. The fourth-order valence-corrected chi connectivity index (χ4v) is 3.24. The number of hydrogen-bond donors (Lipinski definition) is 0. The van der Waals surface area contributed by atoms with Gasteiger partial charge in [-0.15, -0.1) is 5.10 Å². The molecule has 3 aromatic rings. The summed E-state index contributed by atoms with van der Waals surface area (Å²) in [5.41, 5.74) is 0.733. The standard InChI is InChI=1S/C16H14F2N4OS/c1-10(15-13(17)4-3-5-14(15)18)24-16-19-20-21-22(16)11-6-8-12(23-2)9-7-11/h3-10H,1-2H3. The second-order valence-corrected chi connectivity index (χ2v) is 6.27. The van der Waals surface area contributed by atoms with E-state index in [1.807, 2.05) is 0 Å². The van der Waals surface area contributed by atoms with E-state index in [9.17, 15) is 8.78 Å². The van der Waals surface area contributed by atoms with E-state index in [0.29, 0.717) is 10.9 Å². The predicted molar refractivity (Wildman–Crippen MR) is 86.3 cm³/mol. The van der Waals surface area contributed by atoms with Crippen molar-refractivity contribution in [2.75, 3.05) is 7.11 Å². The molecule has 0 saturated carbocycles. The summed E-state index contributed by atoms with van der Waals surface area (Å²) in [4.78, 5) is 0. The minimum absolute atomic E-state index is 0.00628. The van der Waals surface area contributed by atoms with Gasteiger partial charge in [0.25, 0.3) is 0 Å². The summed E-state index contributed by atoms with van der Waals surface area (Å²) in [5, 5.41) is 11.5. The lowest BCUT2D eigenvalue weighted by Crippen LogP contribution is -2.02. The number of ether oxygens (including phenoxy) is 1. The maximum absolute atomic E-state index is 13.9. The fraction of sp³-hybridized carbons (Fsp3) is 0.188. The molecule has 0 saturated heterocycles. The number of methoxy groups -OCH3 is 1. The number of halogens is 2. The number of nitrogens with zero attached hydrogens (tertiary/aromatic N) is 4. The van der Waals surface area contributed by atoms with Crippen molar-refractivity contribution in [3.05, 3.63) is 59.7 Å². The molecule has 1 heterocycles. The van der Waals surface area contributed by atoms with Crippen molar-refractivity contribution < 1.29 is 13.5 Å². The van der Waals surface area contributed by atoms with Crippen molar-refractivity contribution in [3.8, 4) is 11.4 Å². The van der Waals surface area contributed by atoms with Crippen LogP contribution >= 0.6 is 11.8 Å². The number of tetrazole rings is 1. The number of rotatable bonds is 5. The van der Waals surface area contributed by atoms with Crippen molar-refractivity contribution in [2.45, 2.75) is 17.3 Å². The summed E-state index contributed by atoms with van der Waals surface area (Å²) >= 11 is 1.18. The van der Waals surface area contributed by atoms with Crippen LogP contribution in [0.25, 0.3) is 5.69 Å². The molecular weight excluding hydrogens is 334 g/mol. The van der Waals surface area contributed by atoms with E-state index in [2.05, 4.69) is 15.5 Å². The third-order valence-corrected chi connectivity index (χ3v) is 4.50. The highest BCUT2D eigenvalue weighted by molar-refractivity contribution is 7.99. The lowest BCUT2D eigenvalue weighted by atomic mass is 10.1. The van der Waals surface area contributed by atoms with Gasteiger partial charge in [-0.2, -0.15) is 4.68 Å². The Bertz CT molecular complexity index is 818. The average molecular weight is 348 g/mol. The Morgan fingerprint density at radius 1 is 1.08 bits per heavy atom. The van der Waals surface area contributed by atoms with E-state index >= 15 is 0 Å². The molecule has 124 valence electrons. The van der Waals surface area contributed by atoms with E-state index in [1.165, 1.54) is 34.6 Å². The normalized spacial score (nSPS) is 12.2. The molecule has 1 aromatic heterocycles. The molecule has 3 rings (SSSR count). The molecule has 0 aliphatic carbocycles. The van der Waals surface area contributed by atoms with Crippen LogP contribution in [0.2, 0.25) is 0 Å². The van der Waals surface area contributed by atoms with E-state index in [0.717, 1.165) is 5.69 Å². The molecule has 24 heavy (non-hydrogen) atoms. The summed E-state index contributed by atoms with van der Waals surface area (Å²) in [6, 6.07) is 11.0. The summed E-state index contributed by atoms with van der Waals surface area (Å²) in [6.07, 6.45) is 0. The molecule has 1 unspecified atom stereocenters. The zero-order valence-corrected chi connectivity index (χ0v) is 13.8. The molecular formula is C16H14F2N4OS. The smallest absolute Gasteiger partial charge is 0.214 e. The Hall–Kier alpha value is -2.48. The van der Waals surface area contributed by atoms with E-state index in [4.69, 9.17) is 4.74 Å². The Kier molecular flexibility index (Phi) is 4.75. The molecule has 0 spiro atoms. The lowest BCUT2D eigenvalue weighted by molar-refractivity contribution is 0.414. The van der Waals surface area contributed by atoms with Crippen LogP contribution in [0, 0.1) is 11.6 Å². The Labute approximate surface area is 141 Å². The lowest BCUT2D eigenvalue weighted by Gasteiger charge is -2.13. The molecule has 0 N–H and O–H groups in total. The van der Waals surface area contributed by atoms with Crippen LogP contribution in [0.1, 0.15) is 17.7 Å². The highest BCUT2D eigenvalue weighted by atomic mass is 32.2. The van der Waals surface area contributed by atoms with Crippen LogP contribution < -0.4 is 4.74 Å². The molecule has 2 aromatic carbocycles. The van der Waals surface area contributed by atoms with Gasteiger partial charge in [-0.25, -0.2) is 8.78 Å². The van der Waals surface area contributed by atoms with Gasteiger partial charge >= 0.3 is 0 Å². The molecule has 0 radical (unpaired) electrons. The number of benzene rings is 2. The highest BCUT2D eigenvalue weighted by Crippen LogP contribution is 2.36. The second-order valence-electron chi connectivity index (χ2n) is 4.97. The van der Waals surface area contributed by atoms with Crippen LogP contribution in [0.4, 0.5) is 8.78 Å². The van der Waals surface area contributed by atoms with Crippen molar-refractivity contribution in [1.29, 1.82) is 0 Å². The first kappa shape index (κ1) is 16.4. The number of thioether (sulfide) groups is 1. The Balaban J connectivity index is 1.87. The molecule has 5 nitrogen and oxygen atoms in total. The molecule has 0 bridgehead atoms. The molecule has 0 aliphatic heterocycles. The number of hydrogen-bond acceptors (Lipinski definition) is 5. The maximum atomic E-state index is 13.9. The van der Waals surface area contributed by atoms with Crippen molar-refractivity contribution in [3.63, 3.8) is 0 Å². The van der Waals surface area contributed by atoms with Crippen LogP contribution in [-0.4, -0.2) is 27.3 Å². The first-order valence-electron chi connectivity index (χ1n) is 7.13. The minimum atomic E-state index is -0.585. The van der Waals surface area contributed by atoms with Crippen molar-refractivity contribution in [1.82, 2.24) is 20.2 Å². The predicted octanol–water partition coefficient (Wildman–Crippen LogP) is 3.80. The van der Waals surface area contributed by atoms with Crippen LogP contribution in [0.15, 0.2) is 47.6 Å². The first-order valence-corrected chi connectivity index (χ1v) is 8.01. The van der Waals surface area contributed by atoms with Gasteiger partial charge in [0, 0.05) is 10.8 Å². The first-order chi connectivity index (χ1) is 11.6. The van der Waals surface area contributed by atoms with Gasteiger partial charge in [0.15, 0.2) is 0 Å². The van der Waals surface area contributed by atoms with E-state index < -0.39 is 16.9 Å². The van der Waals surface area contributed by atoms with Gasteiger partial charge in [-0.05, 0) is 53.7 Å². The maximum Gasteiger partial charge on any atom is 0.214 e. The fourth-order valence-electron chi connectivity index (χ4n) is 2.25. The number of aromatic nitrogens is 4. The summed E-state index contributed by atoms with van der Waals surface area (Å²) in [5.74, 6) is -0.459. The van der Waals surface area contributed by atoms with Gasteiger partial charge in [0.05, 0.1) is 12.8 Å². The third-order valence-electron chi connectivity index (χ3n) is 3.45. The summed E-state index contributed by atoms with van der Waals surface area (Å²) < 4.78 is 34.5. The van der Waals surface area contributed by atoms with Crippen LogP contribution in [-0.2, 0) is 0 Å². The molecule has 8 heteroatoms. The van der Waals surface area contributed by atoms with Crippen LogP contribution in [0.3, 0.4) is 0 Å². The van der Waals surface area contributed by atoms with Gasteiger partial charge in [0.1, 0.15) is 17.4 Å². The monoisotopic (exact) mass is 348 g/mol. The highest BCUT2D eigenvalue weighted by Gasteiger charge is 2.20. The Morgan fingerprint density at radius 3 is 2.38 bits per heavy atom. The second kappa shape index (κ2) is 6.96. The van der Waals surface area contributed by atoms with Gasteiger partial charge in [-0.1, -0.05) is 17.8 Å². The zero-order valence-electron chi connectivity index (χ0n) is 13.0. The van der Waals surface area contributed by atoms with Crippen molar-refractivity contribution >= 4 is 11.8 Å². The molecule has 0 fully saturated rings. The SMILES string of the molecule is COc1ccc(-n2nnnc2SC(C)c2c(F)cccc2F)cc1. The average Bonchev–Trinajstić information content (AvgIpc) is 3.03. The third kappa shape index (κ3) is 3.23. The zero-order chi connectivity index (χ0) is 17.1. The van der Waals surface area contributed by atoms with Crippen LogP contribution in [0.5, 0.6) is 5.75 Å². The molecule has 1 atom stereocenters. The topological polar surface area (TPSA) is 52.8 Å².